The van der Waals surface area contributed by atoms with Crippen LogP contribution in [-0.2, 0) is 0 Å². The number of rotatable bonds is 2. The fraction of sp³-hybridized carbons (Fsp3) is 0.429. The van der Waals surface area contributed by atoms with Crippen molar-refractivity contribution in [3.63, 3.8) is 0 Å². The van der Waals surface area contributed by atoms with Gasteiger partial charge < -0.3 is 0 Å². The summed E-state index contributed by atoms with van der Waals surface area (Å²) < 4.78 is 36.4. The molecule has 0 bridgehead atoms. The van der Waals surface area contributed by atoms with Crippen LogP contribution in [0.1, 0.15) is 6.42 Å². The number of halogens is 3. The van der Waals surface area contributed by atoms with Crippen LogP contribution in [0.3, 0.4) is 0 Å². The molecule has 0 heterocycles. The Kier molecular flexibility index (Phi) is 2.71. The molecule has 1 aliphatic rings. The van der Waals surface area contributed by atoms with Crippen LogP contribution in [0.25, 0.3) is 0 Å². The van der Waals surface area contributed by atoms with Gasteiger partial charge >= 0.3 is 11.8 Å². The molecule has 0 aromatic heterocycles. The standard InChI is InChI=1S/C7H5F3N2O4/c8-7(9,10)5-1-3-6(4-2-5,11(13)14)12(15)16/h1-3H,4H2. The lowest BCUT2D eigenvalue weighted by atomic mass is 9.97. The average Bonchev–Trinajstić information content (AvgIpc) is 2.15. The predicted octanol–water partition coefficient (Wildman–Crippen LogP) is 1.68. The maximum atomic E-state index is 12.1. The summed E-state index contributed by atoms with van der Waals surface area (Å²) in [7, 11) is 0. The van der Waals surface area contributed by atoms with E-state index in [0.717, 1.165) is 0 Å². The molecule has 1 rings (SSSR count). The summed E-state index contributed by atoms with van der Waals surface area (Å²) in [5.74, 6) is 0. The van der Waals surface area contributed by atoms with Crippen LogP contribution in [0.5, 0.6) is 0 Å². The van der Waals surface area contributed by atoms with Crippen LogP contribution in [-0.4, -0.2) is 21.7 Å². The smallest absolute Gasteiger partial charge is 0.258 e. The van der Waals surface area contributed by atoms with Crippen molar-refractivity contribution in [2.24, 2.45) is 0 Å². The van der Waals surface area contributed by atoms with E-state index < -0.39 is 33.7 Å². The predicted molar refractivity (Wildman–Crippen MR) is 44.6 cm³/mol. The van der Waals surface area contributed by atoms with Crippen LogP contribution in [0, 0.1) is 20.2 Å². The molecule has 16 heavy (non-hydrogen) atoms. The van der Waals surface area contributed by atoms with Gasteiger partial charge in [-0.1, -0.05) is 6.08 Å². The summed E-state index contributed by atoms with van der Waals surface area (Å²) in [5, 5.41) is 21.0. The monoisotopic (exact) mass is 238 g/mol. The summed E-state index contributed by atoms with van der Waals surface area (Å²) >= 11 is 0. The largest absolute Gasteiger partial charge is 0.481 e. The van der Waals surface area contributed by atoms with Crippen molar-refractivity contribution < 1.29 is 23.0 Å². The van der Waals surface area contributed by atoms with Crippen LogP contribution in [0.15, 0.2) is 23.8 Å². The van der Waals surface area contributed by atoms with Gasteiger partial charge in [0.2, 0.25) is 0 Å². The Bertz CT molecular complexity index is 385. The summed E-state index contributed by atoms with van der Waals surface area (Å²) in [6, 6.07) is 0. The summed E-state index contributed by atoms with van der Waals surface area (Å²) in [4.78, 5) is 18.5. The zero-order chi connectivity index (χ0) is 12.6. The Balaban J connectivity index is 3.05. The molecule has 0 radical (unpaired) electrons. The Hall–Kier alpha value is -1.93. The quantitative estimate of drug-likeness (QED) is 0.416. The fourth-order valence-corrected chi connectivity index (χ4v) is 1.17. The van der Waals surface area contributed by atoms with Crippen LogP contribution < -0.4 is 0 Å². The molecular formula is C7H5F3N2O4. The first-order valence-electron chi connectivity index (χ1n) is 3.96. The van der Waals surface area contributed by atoms with Crippen molar-refractivity contribution in [1.29, 1.82) is 0 Å². The molecule has 0 atom stereocenters. The third-order valence-corrected chi connectivity index (χ3v) is 2.11. The van der Waals surface area contributed by atoms with Crippen molar-refractivity contribution >= 4 is 0 Å². The summed E-state index contributed by atoms with van der Waals surface area (Å²) in [6.07, 6.45) is -4.41. The molecule has 0 saturated heterocycles. The lowest BCUT2D eigenvalue weighted by Crippen LogP contribution is -2.45. The van der Waals surface area contributed by atoms with E-state index in [-0.39, 0.29) is 0 Å². The summed E-state index contributed by atoms with van der Waals surface area (Å²) in [5.41, 5.74) is -3.80. The molecule has 0 amide bonds. The van der Waals surface area contributed by atoms with Gasteiger partial charge in [-0.2, -0.15) is 13.2 Å². The highest BCUT2D eigenvalue weighted by Crippen LogP contribution is 2.33. The molecule has 6 nitrogen and oxygen atoms in total. The number of hydrogen-bond donors (Lipinski definition) is 0. The lowest BCUT2D eigenvalue weighted by Gasteiger charge is -2.17. The summed E-state index contributed by atoms with van der Waals surface area (Å²) in [6.45, 7) is 0. The second kappa shape index (κ2) is 3.58. The van der Waals surface area contributed by atoms with E-state index >= 15 is 0 Å². The van der Waals surface area contributed by atoms with E-state index in [4.69, 9.17) is 0 Å². The first-order chi connectivity index (χ1) is 7.20. The lowest BCUT2D eigenvalue weighted by molar-refractivity contribution is -0.780. The van der Waals surface area contributed by atoms with Gasteiger partial charge in [-0.3, -0.25) is 20.2 Å². The molecule has 1 aliphatic carbocycles. The first-order valence-corrected chi connectivity index (χ1v) is 3.96. The van der Waals surface area contributed by atoms with Crippen LogP contribution >= 0.6 is 0 Å². The van der Waals surface area contributed by atoms with Gasteiger partial charge in [-0.15, -0.1) is 0 Å². The number of hydrogen-bond acceptors (Lipinski definition) is 4. The molecule has 0 spiro atoms. The molecular weight excluding hydrogens is 233 g/mol. The van der Waals surface area contributed by atoms with Gasteiger partial charge in [0.15, 0.2) is 0 Å². The zero-order valence-electron chi connectivity index (χ0n) is 7.60. The van der Waals surface area contributed by atoms with Gasteiger partial charge in [0.05, 0.1) is 11.6 Å². The minimum absolute atomic E-state index is 0.356. The molecule has 0 aromatic carbocycles. The average molecular weight is 238 g/mol. The number of nitro groups is 2. The molecule has 0 aliphatic heterocycles. The van der Waals surface area contributed by atoms with Crippen molar-refractivity contribution in [3.8, 4) is 0 Å². The third kappa shape index (κ3) is 1.88. The van der Waals surface area contributed by atoms with E-state index in [1.165, 1.54) is 0 Å². The highest BCUT2D eigenvalue weighted by atomic mass is 19.4. The molecule has 88 valence electrons. The van der Waals surface area contributed by atoms with Gasteiger partial charge in [0.1, 0.15) is 16.3 Å². The van der Waals surface area contributed by atoms with Gasteiger partial charge in [0, 0.05) is 0 Å². The van der Waals surface area contributed by atoms with Crippen molar-refractivity contribution in [2.45, 2.75) is 18.3 Å². The molecule has 0 saturated carbocycles. The Morgan fingerprint density at radius 2 is 1.75 bits per heavy atom. The maximum absolute atomic E-state index is 12.1. The molecule has 0 N–H and O–H groups in total. The van der Waals surface area contributed by atoms with E-state index in [9.17, 15) is 33.4 Å². The van der Waals surface area contributed by atoms with Crippen molar-refractivity contribution in [2.75, 3.05) is 0 Å². The normalized spacial score (nSPS) is 19.1. The van der Waals surface area contributed by atoms with Crippen molar-refractivity contribution in [1.82, 2.24) is 0 Å². The number of nitrogens with zero attached hydrogens (tertiary/aromatic N) is 2. The number of allylic oxidation sites excluding steroid dienone is 2. The zero-order valence-corrected chi connectivity index (χ0v) is 7.60. The van der Waals surface area contributed by atoms with Crippen molar-refractivity contribution in [3.05, 3.63) is 44.0 Å². The van der Waals surface area contributed by atoms with Gasteiger partial charge in [-0.25, -0.2) is 0 Å². The van der Waals surface area contributed by atoms with Crippen LogP contribution in [0.4, 0.5) is 13.2 Å². The molecule has 0 unspecified atom stereocenters. The SMILES string of the molecule is O=[N+]([O-])C1([N+](=O)[O-])C=CC(C(F)(F)F)=CC1. The van der Waals surface area contributed by atoms with E-state index in [0.29, 0.717) is 18.2 Å². The van der Waals surface area contributed by atoms with Gasteiger partial charge in [0.25, 0.3) is 0 Å². The van der Waals surface area contributed by atoms with Gasteiger partial charge in [-0.05, 0) is 6.08 Å². The topological polar surface area (TPSA) is 86.3 Å². The highest BCUT2D eigenvalue weighted by molar-refractivity contribution is 5.29. The first kappa shape index (κ1) is 12.1. The highest BCUT2D eigenvalue weighted by Gasteiger charge is 2.55. The third-order valence-electron chi connectivity index (χ3n) is 2.11. The second-order valence-corrected chi connectivity index (χ2v) is 3.09. The Morgan fingerprint density at radius 3 is 2.00 bits per heavy atom. The molecule has 0 aromatic rings. The Labute approximate surface area is 86.3 Å². The minimum Gasteiger partial charge on any atom is -0.258 e. The molecule has 0 fully saturated rings. The minimum atomic E-state index is -4.66. The Morgan fingerprint density at radius 1 is 1.25 bits per heavy atom. The number of alkyl halides is 3. The van der Waals surface area contributed by atoms with Crippen LogP contribution in [0.2, 0.25) is 0 Å². The second-order valence-electron chi connectivity index (χ2n) is 3.09. The maximum Gasteiger partial charge on any atom is 0.481 e. The fourth-order valence-electron chi connectivity index (χ4n) is 1.17. The van der Waals surface area contributed by atoms with E-state index in [1.54, 1.807) is 0 Å². The molecule has 9 heteroatoms. The van der Waals surface area contributed by atoms with E-state index in [1.807, 2.05) is 0 Å². The van der Waals surface area contributed by atoms with E-state index in [2.05, 4.69) is 0 Å².